The molecule has 0 spiro atoms. The highest BCUT2D eigenvalue weighted by Crippen LogP contribution is 2.25. The third kappa shape index (κ3) is 5.84. The van der Waals surface area contributed by atoms with Crippen molar-refractivity contribution in [2.24, 2.45) is 5.92 Å². The number of nitrogens with one attached hydrogen (secondary N) is 1. The van der Waals surface area contributed by atoms with Crippen LogP contribution >= 0.6 is 23.4 Å². The van der Waals surface area contributed by atoms with E-state index in [0.29, 0.717) is 16.1 Å². The fourth-order valence-corrected chi connectivity index (χ4v) is 3.29. The van der Waals surface area contributed by atoms with Crippen molar-refractivity contribution in [3.05, 3.63) is 11.2 Å². The summed E-state index contributed by atoms with van der Waals surface area (Å²) >= 11 is 7.46. The van der Waals surface area contributed by atoms with Gasteiger partial charge in [-0.2, -0.15) is 0 Å². The van der Waals surface area contributed by atoms with Gasteiger partial charge in [0.05, 0.1) is 5.75 Å². The van der Waals surface area contributed by atoms with Crippen LogP contribution in [0, 0.1) is 5.92 Å². The molecule has 0 bridgehead atoms. The summed E-state index contributed by atoms with van der Waals surface area (Å²) < 4.78 is 0. The van der Waals surface area contributed by atoms with Crippen LogP contribution in [0.25, 0.3) is 0 Å². The maximum atomic E-state index is 11.9. The number of thioether (sulfide) groups is 1. The van der Waals surface area contributed by atoms with E-state index in [1.165, 1.54) is 24.6 Å². The van der Waals surface area contributed by atoms with Gasteiger partial charge in [0.15, 0.2) is 5.16 Å². The number of piperidine rings is 1. The fraction of sp³-hybridized carbons (Fsp3) is 0.688. The molecule has 0 radical (unpaired) electrons. The first-order valence-corrected chi connectivity index (χ1v) is 9.56. The number of aromatic nitrogens is 2. The molecule has 1 saturated heterocycles. The summed E-state index contributed by atoms with van der Waals surface area (Å²) in [6, 6.07) is 2.00. The summed E-state index contributed by atoms with van der Waals surface area (Å²) in [6.45, 7) is 8.31. The molecule has 0 aromatic carbocycles. The number of halogens is 1. The van der Waals surface area contributed by atoms with E-state index in [1.807, 2.05) is 13.8 Å². The number of amides is 1. The summed E-state index contributed by atoms with van der Waals surface area (Å²) in [5, 5.41) is 3.93. The highest BCUT2D eigenvalue weighted by Gasteiger charge is 2.18. The zero-order valence-electron chi connectivity index (χ0n) is 14.0. The van der Waals surface area contributed by atoms with Crippen LogP contribution in [0.15, 0.2) is 11.2 Å². The lowest BCUT2D eigenvalue weighted by atomic mass is 9.99. The molecule has 7 heteroatoms. The molecule has 2 heterocycles. The van der Waals surface area contributed by atoms with Crippen molar-refractivity contribution in [3.63, 3.8) is 0 Å². The molecule has 1 aliphatic rings. The second-order valence-corrected chi connectivity index (χ2v) is 7.50. The van der Waals surface area contributed by atoms with Gasteiger partial charge < -0.3 is 10.2 Å². The summed E-state index contributed by atoms with van der Waals surface area (Å²) in [4.78, 5) is 22.9. The number of carbonyl (C=O) groups excluding carboxylic acids is 1. The molecule has 1 aromatic rings. The van der Waals surface area contributed by atoms with Crippen molar-refractivity contribution in [1.29, 1.82) is 0 Å². The smallest absolute Gasteiger partial charge is 0.230 e. The Bertz CT molecular complexity index is 535. The standard InChI is InChI=1S/C16H25ClN4OS/c1-4-12(3)18-15(22)10-23-16-19-13(17)9-14(20-16)21-7-5-11(2)6-8-21/h9,11-12H,4-8,10H2,1-3H3,(H,18,22). The van der Waals surface area contributed by atoms with Gasteiger partial charge >= 0.3 is 0 Å². The van der Waals surface area contributed by atoms with Crippen LogP contribution in [0.2, 0.25) is 5.15 Å². The first-order valence-electron chi connectivity index (χ1n) is 8.19. The van der Waals surface area contributed by atoms with Crippen LogP contribution in [0.4, 0.5) is 5.82 Å². The number of hydrogen-bond acceptors (Lipinski definition) is 5. The lowest BCUT2D eigenvalue weighted by Gasteiger charge is -2.31. The van der Waals surface area contributed by atoms with Gasteiger partial charge in [0.1, 0.15) is 11.0 Å². The van der Waals surface area contributed by atoms with E-state index in [2.05, 4.69) is 27.1 Å². The van der Waals surface area contributed by atoms with E-state index in [-0.39, 0.29) is 11.9 Å². The second kappa shape index (κ2) is 8.73. The minimum absolute atomic E-state index is 0.00118. The first kappa shape index (κ1) is 18.3. The predicted molar refractivity (Wildman–Crippen MR) is 96.3 cm³/mol. The average Bonchev–Trinajstić information content (AvgIpc) is 2.53. The van der Waals surface area contributed by atoms with Gasteiger partial charge in [-0.3, -0.25) is 4.79 Å². The number of hydrogen-bond donors (Lipinski definition) is 1. The van der Waals surface area contributed by atoms with E-state index in [9.17, 15) is 4.79 Å². The monoisotopic (exact) mass is 356 g/mol. The van der Waals surface area contributed by atoms with Crippen LogP contribution < -0.4 is 10.2 Å². The van der Waals surface area contributed by atoms with Crippen LogP contribution in [-0.4, -0.2) is 40.8 Å². The lowest BCUT2D eigenvalue weighted by Crippen LogP contribution is -2.34. The second-order valence-electron chi connectivity index (χ2n) is 6.17. The Balaban J connectivity index is 1.96. The summed E-state index contributed by atoms with van der Waals surface area (Å²) in [7, 11) is 0. The van der Waals surface area contributed by atoms with Crippen LogP contribution in [0.1, 0.15) is 40.0 Å². The molecule has 1 N–H and O–H groups in total. The fourth-order valence-electron chi connectivity index (χ4n) is 2.40. The lowest BCUT2D eigenvalue weighted by molar-refractivity contribution is -0.119. The van der Waals surface area contributed by atoms with Crippen LogP contribution in [0.3, 0.4) is 0 Å². The average molecular weight is 357 g/mol. The Kier molecular flexibility index (Phi) is 6.96. The van der Waals surface area contributed by atoms with Gasteiger partial charge in [-0.15, -0.1) is 0 Å². The number of rotatable bonds is 6. The first-order chi connectivity index (χ1) is 11.0. The summed E-state index contributed by atoms with van der Waals surface area (Å²) in [6.07, 6.45) is 3.25. The number of carbonyl (C=O) groups is 1. The maximum Gasteiger partial charge on any atom is 0.230 e. The van der Waals surface area contributed by atoms with Crippen LogP contribution in [0.5, 0.6) is 0 Å². The molecule has 0 aliphatic carbocycles. The predicted octanol–water partition coefficient (Wildman–Crippen LogP) is 3.37. The molecule has 1 aliphatic heterocycles. The molecule has 1 fully saturated rings. The SMILES string of the molecule is CCC(C)NC(=O)CSc1nc(Cl)cc(N2CCC(C)CC2)n1. The molecule has 1 amide bonds. The summed E-state index contributed by atoms with van der Waals surface area (Å²) in [5.41, 5.74) is 0. The third-order valence-corrected chi connectivity index (χ3v) is 5.16. The minimum Gasteiger partial charge on any atom is -0.356 e. The van der Waals surface area contributed by atoms with Crippen LogP contribution in [-0.2, 0) is 4.79 Å². The van der Waals surface area contributed by atoms with Gasteiger partial charge in [-0.05, 0) is 32.1 Å². The van der Waals surface area contributed by atoms with E-state index < -0.39 is 0 Å². The van der Waals surface area contributed by atoms with Crippen molar-refractivity contribution in [2.45, 2.75) is 51.2 Å². The zero-order chi connectivity index (χ0) is 16.8. The maximum absolute atomic E-state index is 11.9. The van der Waals surface area contributed by atoms with Crippen molar-refractivity contribution in [1.82, 2.24) is 15.3 Å². The van der Waals surface area contributed by atoms with E-state index >= 15 is 0 Å². The molecular formula is C16H25ClN4OS. The van der Waals surface area contributed by atoms with E-state index in [1.54, 1.807) is 6.07 Å². The minimum atomic E-state index is 0.00118. The van der Waals surface area contributed by atoms with Gasteiger partial charge in [0.25, 0.3) is 0 Å². The summed E-state index contributed by atoms with van der Waals surface area (Å²) in [5.74, 6) is 1.94. The third-order valence-electron chi connectivity index (χ3n) is 4.12. The number of nitrogens with zero attached hydrogens (tertiary/aromatic N) is 3. The van der Waals surface area contributed by atoms with Gasteiger partial charge in [0, 0.05) is 25.2 Å². The van der Waals surface area contributed by atoms with E-state index in [4.69, 9.17) is 11.6 Å². The molecule has 1 unspecified atom stereocenters. The molecular weight excluding hydrogens is 332 g/mol. The molecule has 2 rings (SSSR count). The Morgan fingerprint density at radius 3 is 2.83 bits per heavy atom. The topological polar surface area (TPSA) is 58.1 Å². The highest BCUT2D eigenvalue weighted by molar-refractivity contribution is 7.99. The van der Waals surface area contributed by atoms with Gasteiger partial charge in [-0.25, -0.2) is 9.97 Å². The van der Waals surface area contributed by atoms with Gasteiger partial charge in [0.2, 0.25) is 5.91 Å². The number of anilines is 1. The molecule has 5 nitrogen and oxygen atoms in total. The highest BCUT2D eigenvalue weighted by atomic mass is 35.5. The molecule has 23 heavy (non-hydrogen) atoms. The van der Waals surface area contributed by atoms with Crippen molar-refractivity contribution in [3.8, 4) is 0 Å². The molecule has 128 valence electrons. The van der Waals surface area contributed by atoms with E-state index in [0.717, 1.165) is 31.2 Å². The normalized spacial score (nSPS) is 17.1. The quantitative estimate of drug-likeness (QED) is 0.481. The van der Waals surface area contributed by atoms with Crippen molar-refractivity contribution >= 4 is 35.1 Å². The largest absolute Gasteiger partial charge is 0.356 e. The Labute approximate surface area is 147 Å². The Morgan fingerprint density at radius 1 is 1.48 bits per heavy atom. The zero-order valence-corrected chi connectivity index (χ0v) is 15.6. The van der Waals surface area contributed by atoms with Gasteiger partial charge in [-0.1, -0.05) is 37.2 Å². The molecule has 0 saturated carbocycles. The van der Waals surface area contributed by atoms with Crippen molar-refractivity contribution < 1.29 is 4.79 Å². The molecule has 1 atom stereocenters. The Morgan fingerprint density at radius 2 is 2.17 bits per heavy atom. The Hall–Kier alpha value is -1.01. The van der Waals surface area contributed by atoms with Crippen molar-refractivity contribution in [2.75, 3.05) is 23.7 Å². The molecule has 1 aromatic heterocycles.